The molecule has 2 rings (SSSR count). The second-order valence-electron chi connectivity index (χ2n) is 4.70. The lowest BCUT2D eigenvalue weighted by molar-refractivity contribution is -0.135. The van der Waals surface area contributed by atoms with Crippen molar-refractivity contribution in [2.24, 2.45) is 11.0 Å². The first kappa shape index (κ1) is 12.7. The molecule has 0 fully saturated rings. The molecule has 1 aromatic heterocycles. The second-order valence-corrected chi connectivity index (χ2v) is 4.70. The van der Waals surface area contributed by atoms with E-state index in [0.717, 1.165) is 24.1 Å². The molecule has 0 bridgehead atoms. The molecule has 0 aliphatic carbocycles. The smallest absolute Gasteiger partial charge is 0.245 e. The summed E-state index contributed by atoms with van der Waals surface area (Å²) in [5.41, 5.74) is 2.05. The zero-order chi connectivity index (χ0) is 13.0. The summed E-state index contributed by atoms with van der Waals surface area (Å²) >= 11 is 0. The van der Waals surface area contributed by atoms with Gasteiger partial charge in [-0.3, -0.25) is 9.78 Å². The van der Waals surface area contributed by atoms with Gasteiger partial charge in [0.05, 0.1) is 5.71 Å². The molecular formula is C14H19N3O. The number of unbranched alkanes of at least 4 members (excludes halogenated alkanes) is 1. The average molecular weight is 245 g/mol. The first-order valence-corrected chi connectivity index (χ1v) is 6.51. The van der Waals surface area contributed by atoms with Gasteiger partial charge in [0.15, 0.2) is 0 Å². The molecule has 18 heavy (non-hydrogen) atoms. The van der Waals surface area contributed by atoms with Crippen molar-refractivity contribution in [2.75, 3.05) is 6.54 Å². The number of rotatable bonds is 4. The highest BCUT2D eigenvalue weighted by atomic mass is 16.2. The molecule has 0 N–H and O–H groups in total. The van der Waals surface area contributed by atoms with Crippen molar-refractivity contribution in [3.05, 3.63) is 30.1 Å². The predicted molar refractivity (Wildman–Crippen MR) is 71.2 cm³/mol. The van der Waals surface area contributed by atoms with E-state index in [-0.39, 0.29) is 11.8 Å². The number of hydrazone groups is 1. The molecule has 2 heterocycles. The van der Waals surface area contributed by atoms with Crippen molar-refractivity contribution in [1.29, 1.82) is 0 Å². The van der Waals surface area contributed by atoms with E-state index in [1.807, 2.05) is 19.1 Å². The lowest BCUT2D eigenvalue weighted by atomic mass is 9.97. The minimum Gasteiger partial charge on any atom is -0.273 e. The highest BCUT2D eigenvalue weighted by Gasteiger charge is 2.27. The number of aromatic nitrogens is 1. The summed E-state index contributed by atoms with van der Waals surface area (Å²) in [5, 5.41) is 6.13. The van der Waals surface area contributed by atoms with Crippen LogP contribution in [0.25, 0.3) is 0 Å². The standard InChI is InChI=1S/C14H19N3O/c1-3-4-9-17-14(18)11(2)10-13(16-17)12-5-7-15-8-6-12/h5-8,11H,3-4,9-10H2,1-2H3. The van der Waals surface area contributed by atoms with Crippen molar-refractivity contribution >= 4 is 11.6 Å². The summed E-state index contributed by atoms with van der Waals surface area (Å²) in [4.78, 5) is 16.0. The zero-order valence-corrected chi connectivity index (χ0v) is 11.0. The van der Waals surface area contributed by atoms with Gasteiger partial charge < -0.3 is 0 Å². The van der Waals surface area contributed by atoms with Gasteiger partial charge in [-0.2, -0.15) is 5.10 Å². The molecule has 0 aromatic carbocycles. The SMILES string of the molecule is CCCCN1N=C(c2ccncc2)CC(C)C1=O. The Labute approximate surface area is 108 Å². The molecule has 1 aromatic rings. The van der Waals surface area contributed by atoms with Gasteiger partial charge in [0, 0.05) is 36.8 Å². The number of hydrogen-bond acceptors (Lipinski definition) is 3. The van der Waals surface area contributed by atoms with Crippen LogP contribution in [0.2, 0.25) is 0 Å². The normalized spacial score (nSPS) is 19.9. The molecule has 0 radical (unpaired) electrons. The number of carbonyl (C=O) groups excluding carboxylic acids is 1. The summed E-state index contributed by atoms with van der Waals surface area (Å²) < 4.78 is 0. The molecule has 1 aliphatic heterocycles. The first-order valence-electron chi connectivity index (χ1n) is 6.51. The molecule has 1 amide bonds. The topological polar surface area (TPSA) is 45.6 Å². The van der Waals surface area contributed by atoms with Crippen molar-refractivity contribution in [3.63, 3.8) is 0 Å². The summed E-state index contributed by atoms with van der Waals surface area (Å²) in [6.07, 6.45) is 6.29. The maximum absolute atomic E-state index is 12.0. The molecule has 0 saturated heterocycles. The Morgan fingerprint density at radius 2 is 2.11 bits per heavy atom. The van der Waals surface area contributed by atoms with E-state index in [1.54, 1.807) is 17.4 Å². The third-order valence-corrected chi connectivity index (χ3v) is 3.15. The van der Waals surface area contributed by atoms with Crippen LogP contribution < -0.4 is 0 Å². The zero-order valence-electron chi connectivity index (χ0n) is 11.0. The predicted octanol–water partition coefficient (Wildman–Crippen LogP) is 2.45. The minimum atomic E-state index is 0.0162. The van der Waals surface area contributed by atoms with Crippen molar-refractivity contribution in [2.45, 2.75) is 33.1 Å². The Hall–Kier alpha value is -1.71. The summed E-state index contributed by atoms with van der Waals surface area (Å²) in [7, 11) is 0. The fraction of sp³-hybridized carbons (Fsp3) is 0.500. The van der Waals surface area contributed by atoms with E-state index in [1.165, 1.54) is 0 Å². The molecule has 4 heteroatoms. The van der Waals surface area contributed by atoms with Gasteiger partial charge in [-0.05, 0) is 18.6 Å². The van der Waals surface area contributed by atoms with Gasteiger partial charge >= 0.3 is 0 Å². The van der Waals surface area contributed by atoms with E-state index >= 15 is 0 Å². The molecule has 1 atom stereocenters. The maximum Gasteiger partial charge on any atom is 0.245 e. The van der Waals surface area contributed by atoms with Gasteiger partial charge in [0.2, 0.25) is 5.91 Å². The van der Waals surface area contributed by atoms with Crippen LogP contribution in [0.1, 0.15) is 38.7 Å². The molecular weight excluding hydrogens is 226 g/mol. The van der Waals surface area contributed by atoms with E-state index in [0.29, 0.717) is 13.0 Å². The Morgan fingerprint density at radius 3 is 2.78 bits per heavy atom. The Balaban J connectivity index is 2.22. The average Bonchev–Trinajstić information content (AvgIpc) is 2.41. The van der Waals surface area contributed by atoms with Crippen LogP contribution in [0.4, 0.5) is 0 Å². The number of carbonyl (C=O) groups is 1. The molecule has 1 aliphatic rings. The number of amides is 1. The van der Waals surface area contributed by atoms with Crippen LogP contribution >= 0.6 is 0 Å². The minimum absolute atomic E-state index is 0.0162. The number of pyridine rings is 1. The number of nitrogens with zero attached hydrogens (tertiary/aromatic N) is 3. The van der Waals surface area contributed by atoms with Gasteiger partial charge in [-0.1, -0.05) is 20.3 Å². The van der Waals surface area contributed by atoms with E-state index < -0.39 is 0 Å². The quantitative estimate of drug-likeness (QED) is 0.818. The van der Waals surface area contributed by atoms with E-state index in [2.05, 4.69) is 17.0 Å². The molecule has 96 valence electrons. The van der Waals surface area contributed by atoms with Crippen molar-refractivity contribution in [1.82, 2.24) is 9.99 Å². The third kappa shape index (κ3) is 2.75. The van der Waals surface area contributed by atoms with Crippen LogP contribution in [0.3, 0.4) is 0 Å². The third-order valence-electron chi connectivity index (χ3n) is 3.15. The van der Waals surface area contributed by atoms with Gasteiger partial charge in [0.1, 0.15) is 0 Å². The Kier molecular flexibility index (Phi) is 4.07. The Morgan fingerprint density at radius 1 is 1.39 bits per heavy atom. The number of hydrogen-bond donors (Lipinski definition) is 0. The van der Waals surface area contributed by atoms with Crippen LogP contribution in [0.15, 0.2) is 29.6 Å². The lowest BCUT2D eigenvalue weighted by Gasteiger charge is -2.27. The second kappa shape index (κ2) is 5.76. The van der Waals surface area contributed by atoms with Gasteiger partial charge in [-0.25, -0.2) is 5.01 Å². The lowest BCUT2D eigenvalue weighted by Crippen LogP contribution is -2.38. The Bertz CT molecular complexity index is 442. The van der Waals surface area contributed by atoms with Crippen LogP contribution in [0.5, 0.6) is 0 Å². The first-order chi connectivity index (χ1) is 8.72. The van der Waals surface area contributed by atoms with Crippen molar-refractivity contribution in [3.8, 4) is 0 Å². The maximum atomic E-state index is 12.0. The fourth-order valence-corrected chi connectivity index (χ4v) is 2.06. The molecule has 4 nitrogen and oxygen atoms in total. The van der Waals surface area contributed by atoms with Crippen LogP contribution in [-0.2, 0) is 4.79 Å². The van der Waals surface area contributed by atoms with Gasteiger partial charge in [0.25, 0.3) is 0 Å². The highest BCUT2D eigenvalue weighted by molar-refractivity contribution is 6.04. The summed E-state index contributed by atoms with van der Waals surface area (Å²) in [6.45, 7) is 4.80. The monoisotopic (exact) mass is 245 g/mol. The molecule has 0 saturated carbocycles. The summed E-state index contributed by atoms with van der Waals surface area (Å²) in [5.74, 6) is 0.156. The van der Waals surface area contributed by atoms with Gasteiger partial charge in [-0.15, -0.1) is 0 Å². The highest BCUT2D eigenvalue weighted by Crippen LogP contribution is 2.20. The fourth-order valence-electron chi connectivity index (χ4n) is 2.06. The molecule has 1 unspecified atom stereocenters. The van der Waals surface area contributed by atoms with E-state index in [9.17, 15) is 4.79 Å². The van der Waals surface area contributed by atoms with Crippen LogP contribution in [0, 0.1) is 5.92 Å². The molecule has 0 spiro atoms. The van der Waals surface area contributed by atoms with E-state index in [4.69, 9.17) is 0 Å². The largest absolute Gasteiger partial charge is 0.273 e. The van der Waals surface area contributed by atoms with Crippen molar-refractivity contribution < 1.29 is 4.79 Å². The summed E-state index contributed by atoms with van der Waals surface area (Å²) in [6, 6.07) is 3.89. The van der Waals surface area contributed by atoms with Crippen LogP contribution in [-0.4, -0.2) is 28.2 Å².